The molecule has 0 aliphatic rings. The first kappa shape index (κ1) is 10.3. The molecular weight excluding hydrogens is 193 g/mol. The van der Waals surface area contributed by atoms with Crippen LogP contribution in [0, 0.1) is 5.82 Å². The summed E-state index contributed by atoms with van der Waals surface area (Å²) in [5.74, 6) is -1.17. The third-order valence-electron chi connectivity index (χ3n) is 1.74. The smallest absolute Gasteiger partial charge is 0.183 e. The summed E-state index contributed by atoms with van der Waals surface area (Å²) < 4.78 is 12.8. The third-order valence-corrected chi connectivity index (χ3v) is 2.01. The van der Waals surface area contributed by atoms with E-state index in [0.29, 0.717) is 13.0 Å². The van der Waals surface area contributed by atoms with Gasteiger partial charge in [0.25, 0.3) is 0 Å². The molecule has 0 saturated heterocycles. The monoisotopic (exact) mass is 203 g/mol. The molecule has 1 rings (SSSR count). The second-order valence-corrected chi connectivity index (χ2v) is 3.21. The van der Waals surface area contributed by atoms with Crippen LogP contribution < -0.4 is 5.73 Å². The van der Waals surface area contributed by atoms with Crippen molar-refractivity contribution in [2.45, 2.75) is 12.8 Å². The minimum absolute atomic E-state index is 0.0491. The summed E-state index contributed by atoms with van der Waals surface area (Å²) in [7, 11) is 0. The Morgan fingerprint density at radius 3 is 2.69 bits per heavy atom. The van der Waals surface area contributed by atoms with E-state index in [1.165, 1.54) is 12.1 Å². The fraction of sp³-hybridized carbons (Fsp3) is 0.333. The molecule has 72 valence electrons. The lowest BCUT2D eigenvalue weighted by Crippen LogP contribution is -2.00. The van der Waals surface area contributed by atoms with Gasteiger partial charge in [0.1, 0.15) is 0 Å². The van der Waals surface area contributed by atoms with Crippen molar-refractivity contribution < 1.29 is 9.50 Å². The number of rotatable bonds is 3. The molecule has 1 aromatic rings. The molecule has 0 saturated carbocycles. The van der Waals surface area contributed by atoms with E-state index in [1.54, 1.807) is 0 Å². The van der Waals surface area contributed by atoms with Crippen LogP contribution in [0.15, 0.2) is 12.1 Å². The van der Waals surface area contributed by atoms with Gasteiger partial charge < -0.3 is 10.8 Å². The number of nitrogens with two attached hydrogens (primary N) is 1. The molecule has 1 aromatic carbocycles. The minimum Gasteiger partial charge on any atom is -0.505 e. The molecular formula is C9H11ClFNO. The quantitative estimate of drug-likeness (QED) is 0.790. The highest BCUT2D eigenvalue weighted by atomic mass is 35.5. The van der Waals surface area contributed by atoms with Crippen LogP contribution in [0.2, 0.25) is 5.02 Å². The van der Waals surface area contributed by atoms with Gasteiger partial charge in [-0.25, -0.2) is 4.39 Å². The lowest BCUT2D eigenvalue weighted by molar-refractivity contribution is 0.431. The molecule has 13 heavy (non-hydrogen) atoms. The Bertz CT molecular complexity index is 281. The molecule has 0 unspecified atom stereocenters. The average Bonchev–Trinajstić information content (AvgIpc) is 2.10. The van der Waals surface area contributed by atoms with E-state index in [9.17, 15) is 4.39 Å². The predicted molar refractivity (Wildman–Crippen MR) is 50.5 cm³/mol. The van der Waals surface area contributed by atoms with Gasteiger partial charge in [0.2, 0.25) is 0 Å². The molecule has 0 spiro atoms. The van der Waals surface area contributed by atoms with Crippen molar-refractivity contribution in [3.63, 3.8) is 0 Å². The molecule has 0 aliphatic heterocycles. The molecule has 0 atom stereocenters. The number of aromatic hydroxyl groups is 1. The van der Waals surface area contributed by atoms with Crippen molar-refractivity contribution >= 4 is 11.6 Å². The van der Waals surface area contributed by atoms with E-state index in [-0.39, 0.29) is 5.02 Å². The summed E-state index contributed by atoms with van der Waals surface area (Å²) in [6, 6.07) is 2.88. The first-order valence-electron chi connectivity index (χ1n) is 4.02. The SMILES string of the molecule is NCCCc1cc(O)c(F)c(Cl)c1. The zero-order valence-electron chi connectivity index (χ0n) is 7.06. The van der Waals surface area contributed by atoms with Crippen molar-refractivity contribution in [3.8, 4) is 5.75 Å². The van der Waals surface area contributed by atoms with Crippen LogP contribution in [0.3, 0.4) is 0 Å². The van der Waals surface area contributed by atoms with Crippen molar-refractivity contribution in [2.24, 2.45) is 5.73 Å². The lowest BCUT2D eigenvalue weighted by Gasteiger charge is -2.03. The molecule has 0 amide bonds. The van der Waals surface area contributed by atoms with E-state index in [1.807, 2.05) is 0 Å². The highest BCUT2D eigenvalue weighted by Crippen LogP contribution is 2.25. The summed E-state index contributed by atoms with van der Waals surface area (Å²) in [6.07, 6.45) is 1.49. The van der Waals surface area contributed by atoms with Crippen molar-refractivity contribution in [2.75, 3.05) is 6.54 Å². The van der Waals surface area contributed by atoms with Crippen LogP contribution in [-0.2, 0) is 6.42 Å². The van der Waals surface area contributed by atoms with Gasteiger partial charge in [0.05, 0.1) is 5.02 Å². The molecule has 3 N–H and O–H groups in total. The maximum absolute atomic E-state index is 12.8. The molecule has 4 heteroatoms. The van der Waals surface area contributed by atoms with Gasteiger partial charge >= 0.3 is 0 Å². The minimum atomic E-state index is -0.766. The number of hydrogen-bond donors (Lipinski definition) is 2. The number of benzene rings is 1. The van der Waals surface area contributed by atoms with E-state index in [2.05, 4.69) is 0 Å². The van der Waals surface area contributed by atoms with Crippen LogP contribution in [-0.4, -0.2) is 11.7 Å². The maximum atomic E-state index is 12.8. The fourth-order valence-corrected chi connectivity index (χ4v) is 1.32. The summed E-state index contributed by atoms with van der Waals surface area (Å²) in [6.45, 7) is 0.565. The highest BCUT2D eigenvalue weighted by Gasteiger charge is 2.07. The summed E-state index contributed by atoms with van der Waals surface area (Å²) in [5.41, 5.74) is 6.11. The first-order chi connectivity index (χ1) is 6.15. The zero-order chi connectivity index (χ0) is 9.84. The predicted octanol–water partition coefficient (Wildman–Crippen LogP) is 2.08. The number of phenolic OH excluding ortho intramolecular Hbond substituents is 1. The van der Waals surface area contributed by atoms with Crippen molar-refractivity contribution in [1.29, 1.82) is 0 Å². The Balaban J connectivity index is 2.86. The van der Waals surface area contributed by atoms with Crippen LogP contribution in [0.25, 0.3) is 0 Å². The zero-order valence-corrected chi connectivity index (χ0v) is 7.81. The van der Waals surface area contributed by atoms with Gasteiger partial charge in [-0.3, -0.25) is 0 Å². The van der Waals surface area contributed by atoms with E-state index < -0.39 is 11.6 Å². The van der Waals surface area contributed by atoms with Gasteiger partial charge in [0, 0.05) is 0 Å². The second-order valence-electron chi connectivity index (χ2n) is 2.80. The van der Waals surface area contributed by atoms with Crippen LogP contribution in [0.5, 0.6) is 5.75 Å². The third kappa shape index (κ3) is 2.57. The lowest BCUT2D eigenvalue weighted by atomic mass is 10.1. The molecule has 0 bridgehead atoms. The topological polar surface area (TPSA) is 46.2 Å². The average molecular weight is 204 g/mol. The van der Waals surface area contributed by atoms with Crippen LogP contribution in [0.1, 0.15) is 12.0 Å². The Hall–Kier alpha value is -0.800. The highest BCUT2D eigenvalue weighted by molar-refractivity contribution is 6.30. The summed E-state index contributed by atoms with van der Waals surface area (Å²) in [4.78, 5) is 0. The van der Waals surface area contributed by atoms with Gasteiger partial charge in [-0.1, -0.05) is 11.6 Å². The Morgan fingerprint density at radius 2 is 2.15 bits per heavy atom. The largest absolute Gasteiger partial charge is 0.505 e. The number of phenols is 1. The molecule has 0 aromatic heterocycles. The van der Waals surface area contributed by atoms with Crippen LogP contribution >= 0.6 is 11.6 Å². The number of hydrogen-bond acceptors (Lipinski definition) is 2. The van der Waals surface area contributed by atoms with Gasteiger partial charge in [-0.15, -0.1) is 0 Å². The van der Waals surface area contributed by atoms with Gasteiger partial charge in [0.15, 0.2) is 11.6 Å². The molecule has 2 nitrogen and oxygen atoms in total. The Kier molecular flexibility index (Phi) is 3.51. The molecule has 0 fully saturated rings. The van der Waals surface area contributed by atoms with Crippen molar-refractivity contribution in [3.05, 3.63) is 28.5 Å². The fourth-order valence-electron chi connectivity index (χ4n) is 1.08. The Labute approximate surface area is 81.1 Å². The van der Waals surface area contributed by atoms with Gasteiger partial charge in [-0.05, 0) is 37.1 Å². The number of halogens is 2. The standard InChI is InChI=1S/C9H11ClFNO/c10-7-4-6(2-1-3-12)5-8(13)9(7)11/h4-5,13H,1-3,12H2. The summed E-state index contributed by atoms with van der Waals surface area (Å²) in [5, 5.41) is 9.04. The first-order valence-corrected chi connectivity index (χ1v) is 4.40. The molecule has 0 aliphatic carbocycles. The van der Waals surface area contributed by atoms with Crippen LogP contribution in [0.4, 0.5) is 4.39 Å². The number of aryl methyl sites for hydroxylation is 1. The van der Waals surface area contributed by atoms with E-state index >= 15 is 0 Å². The normalized spacial score (nSPS) is 10.4. The molecule has 0 radical (unpaired) electrons. The van der Waals surface area contributed by atoms with E-state index in [4.69, 9.17) is 22.4 Å². The second kappa shape index (κ2) is 4.44. The van der Waals surface area contributed by atoms with Crippen molar-refractivity contribution in [1.82, 2.24) is 0 Å². The maximum Gasteiger partial charge on any atom is 0.183 e. The molecule has 0 heterocycles. The summed E-state index contributed by atoms with van der Waals surface area (Å²) >= 11 is 5.53. The van der Waals surface area contributed by atoms with Gasteiger partial charge in [-0.2, -0.15) is 0 Å². The van der Waals surface area contributed by atoms with E-state index in [0.717, 1.165) is 12.0 Å². The Morgan fingerprint density at radius 1 is 1.46 bits per heavy atom.